The summed E-state index contributed by atoms with van der Waals surface area (Å²) in [7, 11) is 0. The van der Waals surface area contributed by atoms with Gasteiger partial charge in [0, 0.05) is 6.08 Å². The Bertz CT molecular complexity index is 499. The van der Waals surface area contributed by atoms with Crippen molar-refractivity contribution < 1.29 is 9.53 Å². The maximum Gasteiger partial charge on any atom is 0.251 e. The second-order valence-corrected chi connectivity index (χ2v) is 5.48. The van der Waals surface area contributed by atoms with Crippen LogP contribution in [0.15, 0.2) is 35.9 Å². The van der Waals surface area contributed by atoms with Gasteiger partial charge in [-0.05, 0) is 39.8 Å². The third-order valence-corrected chi connectivity index (χ3v) is 2.76. The molecular weight excluding hydrogens is 226 g/mol. The number of ether oxygens (including phenoxy) is 1. The molecule has 1 aromatic rings. The number of para-hydroxylation sites is 2. The molecule has 0 N–H and O–H groups in total. The number of nitrogens with zero attached hydrogens (tertiary/aromatic N) is 1. The highest BCUT2D eigenvalue weighted by atomic mass is 16.5. The fourth-order valence-electron chi connectivity index (χ4n) is 2.08. The average Bonchev–Trinajstić information content (AvgIpc) is 2.25. The molecule has 0 saturated heterocycles. The quantitative estimate of drug-likeness (QED) is 0.711. The number of anilines is 1. The summed E-state index contributed by atoms with van der Waals surface area (Å²) in [4.78, 5) is 14.0. The maximum absolute atomic E-state index is 12.3. The molecular formula is C15H19NO2. The van der Waals surface area contributed by atoms with E-state index in [9.17, 15) is 4.79 Å². The number of carbonyl (C=O) groups excluding carboxylic acids is 1. The van der Waals surface area contributed by atoms with Crippen LogP contribution in [0, 0.1) is 0 Å². The van der Waals surface area contributed by atoms with Crippen LogP contribution in [0.25, 0.3) is 0 Å². The summed E-state index contributed by atoms with van der Waals surface area (Å²) >= 11 is 0. The van der Waals surface area contributed by atoms with Gasteiger partial charge in [0.2, 0.25) is 0 Å². The van der Waals surface area contributed by atoms with Gasteiger partial charge in [-0.15, -0.1) is 0 Å². The van der Waals surface area contributed by atoms with Crippen molar-refractivity contribution >= 4 is 11.6 Å². The zero-order chi connectivity index (χ0) is 13.3. The number of fused-ring (bicyclic) bond motifs is 1. The average molecular weight is 245 g/mol. The first-order chi connectivity index (χ1) is 8.39. The Balaban J connectivity index is 2.42. The lowest BCUT2D eigenvalue weighted by atomic mass is 10.0. The van der Waals surface area contributed by atoms with Gasteiger partial charge in [-0.1, -0.05) is 17.7 Å². The van der Waals surface area contributed by atoms with Gasteiger partial charge >= 0.3 is 0 Å². The number of carbonyl (C=O) groups is 1. The molecule has 0 radical (unpaired) electrons. The second-order valence-electron chi connectivity index (χ2n) is 5.48. The van der Waals surface area contributed by atoms with Gasteiger partial charge in [-0.25, -0.2) is 0 Å². The Kier molecular flexibility index (Phi) is 3.16. The van der Waals surface area contributed by atoms with Gasteiger partial charge in [0.15, 0.2) is 0 Å². The van der Waals surface area contributed by atoms with Crippen molar-refractivity contribution in [2.24, 2.45) is 0 Å². The summed E-state index contributed by atoms with van der Waals surface area (Å²) < 4.78 is 5.89. The molecule has 0 saturated carbocycles. The number of hydrogen-bond acceptors (Lipinski definition) is 2. The molecule has 3 nitrogen and oxygen atoms in total. The third kappa shape index (κ3) is 2.55. The molecule has 0 aliphatic carbocycles. The highest BCUT2D eigenvalue weighted by molar-refractivity contribution is 6.03. The topological polar surface area (TPSA) is 29.5 Å². The Morgan fingerprint density at radius 1 is 1.33 bits per heavy atom. The molecule has 0 atom stereocenters. The van der Waals surface area contributed by atoms with Crippen LogP contribution in [-0.4, -0.2) is 18.1 Å². The van der Waals surface area contributed by atoms with E-state index >= 15 is 0 Å². The van der Waals surface area contributed by atoms with E-state index < -0.39 is 0 Å². The molecule has 2 rings (SSSR count). The summed E-state index contributed by atoms with van der Waals surface area (Å²) in [6.07, 6.45) is 1.66. The number of benzene rings is 1. The normalized spacial score (nSPS) is 16.6. The van der Waals surface area contributed by atoms with E-state index in [1.165, 1.54) is 0 Å². The van der Waals surface area contributed by atoms with Gasteiger partial charge in [0.1, 0.15) is 11.4 Å². The minimum Gasteiger partial charge on any atom is -0.484 e. The van der Waals surface area contributed by atoms with Crippen LogP contribution in [0.3, 0.4) is 0 Å². The lowest BCUT2D eigenvalue weighted by molar-refractivity contribution is -0.115. The molecule has 1 amide bonds. The third-order valence-electron chi connectivity index (χ3n) is 2.76. The molecule has 0 unspecified atom stereocenters. The molecule has 0 aromatic heterocycles. The molecule has 0 bridgehead atoms. The van der Waals surface area contributed by atoms with Crippen molar-refractivity contribution in [1.82, 2.24) is 0 Å². The van der Waals surface area contributed by atoms with Crippen molar-refractivity contribution in [2.45, 2.75) is 33.3 Å². The molecule has 18 heavy (non-hydrogen) atoms. The lowest BCUT2D eigenvalue weighted by Crippen LogP contribution is -2.49. The molecule has 0 fully saturated rings. The van der Waals surface area contributed by atoms with Crippen LogP contribution in [0.4, 0.5) is 5.69 Å². The largest absolute Gasteiger partial charge is 0.484 e. The fraction of sp³-hybridized carbons (Fsp3) is 0.400. The van der Waals surface area contributed by atoms with Crippen LogP contribution in [0.5, 0.6) is 5.75 Å². The summed E-state index contributed by atoms with van der Waals surface area (Å²) in [6, 6.07) is 7.66. The summed E-state index contributed by atoms with van der Waals surface area (Å²) in [6.45, 7) is 8.40. The standard InChI is InChI=1S/C15H19NO2/c1-11(2)9-14(17)16-10-15(3,4)18-13-8-6-5-7-12(13)16/h5-9H,10H2,1-4H3. The monoisotopic (exact) mass is 245 g/mol. The van der Waals surface area contributed by atoms with E-state index in [4.69, 9.17) is 4.74 Å². The van der Waals surface area contributed by atoms with Crippen LogP contribution in [-0.2, 0) is 4.79 Å². The van der Waals surface area contributed by atoms with Gasteiger partial charge in [0.05, 0.1) is 12.2 Å². The van der Waals surface area contributed by atoms with Gasteiger partial charge < -0.3 is 9.64 Å². The predicted molar refractivity (Wildman–Crippen MR) is 72.9 cm³/mol. The maximum atomic E-state index is 12.3. The Morgan fingerprint density at radius 3 is 2.67 bits per heavy atom. The Morgan fingerprint density at radius 2 is 2.00 bits per heavy atom. The predicted octanol–water partition coefficient (Wildman–Crippen LogP) is 3.16. The minimum atomic E-state index is -0.362. The first-order valence-corrected chi connectivity index (χ1v) is 6.13. The van der Waals surface area contributed by atoms with E-state index in [1.807, 2.05) is 52.0 Å². The van der Waals surface area contributed by atoms with Crippen molar-refractivity contribution in [3.05, 3.63) is 35.9 Å². The molecule has 96 valence electrons. The van der Waals surface area contributed by atoms with Gasteiger partial charge in [-0.2, -0.15) is 0 Å². The van der Waals surface area contributed by atoms with E-state index in [0.29, 0.717) is 6.54 Å². The Hall–Kier alpha value is -1.77. The van der Waals surface area contributed by atoms with E-state index in [1.54, 1.807) is 11.0 Å². The molecule has 1 aliphatic heterocycles. The van der Waals surface area contributed by atoms with Crippen LogP contribution < -0.4 is 9.64 Å². The SMILES string of the molecule is CC(C)=CC(=O)N1CC(C)(C)Oc2ccccc21. The van der Waals surface area contributed by atoms with E-state index in [2.05, 4.69) is 0 Å². The van der Waals surface area contributed by atoms with E-state index in [0.717, 1.165) is 17.0 Å². The highest BCUT2D eigenvalue weighted by Crippen LogP contribution is 2.36. The Labute approximate surface area is 108 Å². The first kappa shape index (κ1) is 12.7. The summed E-state index contributed by atoms with van der Waals surface area (Å²) in [5.74, 6) is 0.781. The number of hydrogen-bond donors (Lipinski definition) is 0. The van der Waals surface area contributed by atoms with Crippen LogP contribution >= 0.6 is 0 Å². The molecule has 1 heterocycles. The van der Waals surface area contributed by atoms with Crippen LogP contribution in [0.1, 0.15) is 27.7 Å². The molecule has 3 heteroatoms. The summed E-state index contributed by atoms with van der Waals surface area (Å²) in [5, 5.41) is 0. The number of amides is 1. The van der Waals surface area contributed by atoms with Crippen molar-refractivity contribution in [3.63, 3.8) is 0 Å². The smallest absolute Gasteiger partial charge is 0.251 e. The van der Waals surface area contributed by atoms with Crippen molar-refractivity contribution in [3.8, 4) is 5.75 Å². The first-order valence-electron chi connectivity index (χ1n) is 6.13. The molecule has 1 aromatic carbocycles. The second kappa shape index (κ2) is 4.48. The number of rotatable bonds is 1. The van der Waals surface area contributed by atoms with Crippen LogP contribution in [0.2, 0.25) is 0 Å². The van der Waals surface area contributed by atoms with Crippen molar-refractivity contribution in [1.29, 1.82) is 0 Å². The number of allylic oxidation sites excluding steroid dienone is 1. The fourth-order valence-corrected chi connectivity index (χ4v) is 2.08. The molecule has 1 aliphatic rings. The van der Waals surface area contributed by atoms with Crippen molar-refractivity contribution in [2.75, 3.05) is 11.4 Å². The van der Waals surface area contributed by atoms with E-state index in [-0.39, 0.29) is 11.5 Å². The minimum absolute atomic E-state index is 0.0128. The highest BCUT2D eigenvalue weighted by Gasteiger charge is 2.33. The van der Waals surface area contributed by atoms with Gasteiger partial charge in [0.25, 0.3) is 5.91 Å². The zero-order valence-electron chi connectivity index (χ0n) is 11.4. The summed E-state index contributed by atoms with van der Waals surface area (Å²) in [5.41, 5.74) is 1.49. The molecule has 0 spiro atoms. The lowest BCUT2D eigenvalue weighted by Gasteiger charge is -2.39. The zero-order valence-corrected chi connectivity index (χ0v) is 11.4. The van der Waals surface area contributed by atoms with Gasteiger partial charge in [-0.3, -0.25) is 4.79 Å².